The zero-order chi connectivity index (χ0) is 14.3. The number of benzene rings is 1. The van der Waals surface area contributed by atoms with Crippen molar-refractivity contribution in [1.82, 2.24) is 15.1 Å². The molecule has 2 aromatic rings. The van der Waals surface area contributed by atoms with Crippen molar-refractivity contribution in [3.63, 3.8) is 0 Å². The predicted molar refractivity (Wildman–Crippen MR) is 82.9 cm³/mol. The first-order valence-electron chi connectivity index (χ1n) is 6.81. The van der Waals surface area contributed by atoms with E-state index >= 15 is 0 Å². The van der Waals surface area contributed by atoms with Crippen LogP contribution in [0.15, 0.2) is 18.2 Å². The molecule has 1 fully saturated rings. The Morgan fingerprint density at radius 1 is 1.30 bits per heavy atom. The Bertz CT molecular complexity index is 645. The van der Waals surface area contributed by atoms with Gasteiger partial charge in [0.1, 0.15) is 0 Å². The van der Waals surface area contributed by atoms with Gasteiger partial charge in [0.2, 0.25) is 0 Å². The molecule has 106 valence electrons. The fourth-order valence-corrected chi connectivity index (χ4v) is 2.67. The summed E-state index contributed by atoms with van der Waals surface area (Å²) in [5, 5.41) is 9.51. The van der Waals surface area contributed by atoms with Gasteiger partial charge < -0.3 is 5.32 Å². The average Bonchev–Trinajstić information content (AvgIpc) is 3.21. The highest BCUT2D eigenvalue weighted by molar-refractivity contribution is 6.32. The van der Waals surface area contributed by atoms with Crippen LogP contribution < -0.4 is 5.32 Å². The molecule has 0 unspecified atom stereocenters. The summed E-state index contributed by atoms with van der Waals surface area (Å²) in [5.74, 6) is 0. The second-order valence-electron chi connectivity index (χ2n) is 5.29. The third-order valence-corrected chi connectivity index (χ3v) is 4.57. The number of rotatable bonds is 4. The van der Waals surface area contributed by atoms with Crippen LogP contribution in [0.1, 0.15) is 29.8 Å². The second kappa shape index (κ2) is 5.40. The van der Waals surface area contributed by atoms with E-state index in [9.17, 15) is 0 Å². The first kappa shape index (κ1) is 13.9. The lowest BCUT2D eigenvalue weighted by atomic mass is 10.1. The van der Waals surface area contributed by atoms with Crippen LogP contribution in [0.25, 0.3) is 5.69 Å². The lowest BCUT2D eigenvalue weighted by Crippen LogP contribution is -2.17. The van der Waals surface area contributed by atoms with Crippen molar-refractivity contribution in [2.75, 3.05) is 0 Å². The minimum absolute atomic E-state index is 0.642. The van der Waals surface area contributed by atoms with Gasteiger partial charge >= 0.3 is 0 Å². The maximum atomic E-state index is 6.37. The lowest BCUT2D eigenvalue weighted by molar-refractivity contribution is 0.679. The summed E-state index contributed by atoms with van der Waals surface area (Å²) in [6, 6.07) is 6.54. The molecule has 0 bridgehead atoms. The summed E-state index contributed by atoms with van der Waals surface area (Å²) >= 11 is 12.6. The van der Waals surface area contributed by atoms with Crippen LogP contribution >= 0.6 is 23.2 Å². The van der Waals surface area contributed by atoms with Gasteiger partial charge in [-0.3, -0.25) is 0 Å². The molecule has 20 heavy (non-hydrogen) atoms. The quantitative estimate of drug-likeness (QED) is 0.923. The summed E-state index contributed by atoms with van der Waals surface area (Å²) < 4.78 is 1.88. The molecule has 0 aliphatic heterocycles. The fourth-order valence-electron chi connectivity index (χ4n) is 2.31. The molecule has 1 aromatic carbocycles. The number of nitrogens with one attached hydrogen (secondary N) is 1. The first-order chi connectivity index (χ1) is 9.58. The van der Waals surface area contributed by atoms with Crippen LogP contribution in [0, 0.1) is 13.8 Å². The van der Waals surface area contributed by atoms with E-state index in [4.69, 9.17) is 23.2 Å². The highest BCUT2D eigenvalue weighted by Gasteiger charge is 2.22. The summed E-state index contributed by atoms with van der Waals surface area (Å²) in [6.07, 6.45) is 2.51. The number of aromatic nitrogens is 2. The van der Waals surface area contributed by atoms with Crippen molar-refractivity contribution in [2.24, 2.45) is 0 Å². The summed E-state index contributed by atoms with van der Waals surface area (Å²) in [7, 11) is 0. The summed E-state index contributed by atoms with van der Waals surface area (Å²) in [6.45, 7) is 4.65. The number of aryl methyl sites for hydroxylation is 1. The van der Waals surface area contributed by atoms with Crippen LogP contribution in [-0.2, 0) is 6.54 Å². The van der Waals surface area contributed by atoms with Gasteiger partial charge in [0.15, 0.2) is 0 Å². The van der Waals surface area contributed by atoms with Crippen molar-refractivity contribution in [1.29, 1.82) is 0 Å². The maximum absolute atomic E-state index is 6.37. The van der Waals surface area contributed by atoms with E-state index in [0.717, 1.165) is 34.2 Å². The number of nitrogens with zero attached hydrogens (tertiary/aromatic N) is 2. The topological polar surface area (TPSA) is 29.9 Å². The molecule has 1 aliphatic carbocycles. The summed E-state index contributed by atoms with van der Waals surface area (Å²) in [5.41, 5.74) is 3.85. The van der Waals surface area contributed by atoms with Crippen molar-refractivity contribution in [3.8, 4) is 5.69 Å². The zero-order valence-corrected chi connectivity index (χ0v) is 13.1. The molecule has 1 heterocycles. The van der Waals surface area contributed by atoms with Crippen molar-refractivity contribution in [3.05, 3.63) is 45.2 Å². The van der Waals surface area contributed by atoms with Gasteiger partial charge in [-0.15, -0.1) is 0 Å². The van der Waals surface area contributed by atoms with Gasteiger partial charge in [-0.25, -0.2) is 4.68 Å². The molecular formula is C15H17Cl2N3. The Morgan fingerprint density at radius 3 is 2.65 bits per heavy atom. The predicted octanol–water partition coefficient (Wildman–Crippen LogP) is 4.05. The Morgan fingerprint density at radius 2 is 2.05 bits per heavy atom. The monoisotopic (exact) mass is 309 g/mol. The van der Waals surface area contributed by atoms with E-state index in [1.165, 1.54) is 12.8 Å². The van der Waals surface area contributed by atoms with Gasteiger partial charge in [-0.05, 0) is 38.8 Å². The van der Waals surface area contributed by atoms with E-state index in [1.807, 2.05) is 36.7 Å². The van der Waals surface area contributed by atoms with E-state index < -0.39 is 0 Å². The molecule has 1 saturated carbocycles. The Labute approximate surface area is 128 Å². The first-order valence-corrected chi connectivity index (χ1v) is 7.56. The van der Waals surface area contributed by atoms with Crippen LogP contribution in [0.4, 0.5) is 0 Å². The molecule has 0 amide bonds. The fraction of sp³-hybridized carbons (Fsp3) is 0.400. The van der Waals surface area contributed by atoms with E-state index in [1.54, 1.807) is 0 Å². The van der Waals surface area contributed by atoms with Crippen molar-refractivity contribution in [2.45, 2.75) is 39.3 Å². The third-order valence-electron chi connectivity index (χ3n) is 3.67. The number of halogens is 2. The highest BCUT2D eigenvalue weighted by atomic mass is 35.5. The minimum atomic E-state index is 0.642. The molecule has 0 saturated heterocycles. The van der Waals surface area contributed by atoms with E-state index in [0.29, 0.717) is 11.1 Å². The number of hydrogen-bond acceptors (Lipinski definition) is 2. The molecule has 0 atom stereocenters. The highest BCUT2D eigenvalue weighted by Crippen LogP contribution is 2.29. The molecule has 0 radical (unpaired) electrons. The Kier molecular flexibility index (Phi) is 3.76. The largest absolute Gasteiger partial charge is 0.310 e. The molecule has 1 N–H and O–H groups in total. The molecule has 1 aliphatic rings. The van der Waals surface area contributed by atoms with Crippen molar-refractivity contribution < 1.29 is 0 Å². The lowest BCUT2D eigenvalue weighted by Gasteiger charge is -2.13. The molecule has 5 heteroatoms. The second-order valence-corrected chi connectivity index (χ2v) is 6.07. The van der Waals surface area contributed by atoms with Gasteiger partial charge in [0.05, 0.1) is 22.1 Å². The van der Waals surface area contributed by atoms with Crippen LogP contribution in [0.5, 0.6) is 0 Å². The molecule has 3 rings (SSSR count). The molecule has 1 aromatic heterocycles. The average molecular weight is 310 g/mol. The van der Waals surface area contributed by atoms with Crippen LogP contribution in [0.2, 0.25) is 10.0 Å². The molecule has 3 nitrogen and oxygen atoms in total. The normalized spacial score (nSPS) is 14.8. The Hall–Kier alpha value is -1.03. The Balaban J connectivity index is 2.02. The van der Waals surface area contributed by atoms with Crippen LogP contribution in [0.3, 0.4) is 0 Å². The van der Waals surface area contributed by atoms with Gasteiger partial charge in [-0.1, -0.05) is 29.3 Å². The van der Waals surface area contributed by atoms with Crippen molar-refractivity contribution >= 4 is 23.2 Å². The zero-order valence-electron chi connectivity index (χ0n) is 11.6. The van der Waals surface area contributed by atoms with Gasteiger partial charge in [0, 0.05) is 23.2 Å². The van der Waals surface area contributed by atoms with Gasteiger partial charge in [0.25, 0.3) is 0 Å². The summed E-state index contributed by atoms with van der Waals surface area (Å²) in [4.78, 5) is 0. The van der Waals surface area contributed by atoms with Crippen LogP contribution in [-0.4, -0.2) is 15.8 Å². The third kappa shape index (κ3) is 2.58. The smallest absolute Gasteiger partial charge is 0.0848 e. The van der Waals surface area contributed by atoms with E-state index in [2.05, 4.69) is 10.4 Å². The van der Waals surface area contributed by atoms with Gasteiger partial charge in [-0.2, -0.15) is 5.10 Å². The molecular weight excluding hydrogens is 293 g/mol. The maximum Gasteiger partial charge on any atom is 0.0848 e. The SMILES string of the molecule is Cc1nn(-c2cccc(Cl)c2CNC2CC2)c(C)c1Cl. The number of hydrogen-bond donors (Lipinski definition) is 1. The standard InChI is InChI=1S/C15H17Cl2N3/c1-9-15(17)10(2)20(19-9)14-5-3-4-13(16)12(14)8-18-11-6-7-11/h3-5,11,18H,6-8H2,1-2H3. The molecule has 0 spiro atoms. The van der Waals surface area contributed by atoms with E-state index in [-0.39, 0.29) is 0 Å². The minimum Gasteiger partial charge on any atom is -0.310 e.